The summed E-state index contributed by atoms with van der Waals surface area (Å²) in [5.74, 6) is -0.757. The number of amides is 1. The van der Waals surface area contributed by atoms with Crippen molar-refractivity contribution in [2.75, 3.05) is 6.54 Å². The van der Waals surface area contributed by atoms with E-state index >= 15 is 0 Å². The lowest BCUT2D eigenvalue weighted by Crippen LogP contribution is -2.31. The van der Waals surface area contributed by atoms with Crippen LogP contribution in [-0.2, 0) is 16.6 Å². The van der Waals surface area contributed by atoms with Gasteiger partial charge in [-0.1, -0.05) is 12.1 Å². The summed E-state index contributed by atoms with van der Waals surface area (Å²) in [5, 5.41) is 5.12. The van der Waals surface area contributed by atoms with Gasteiger partial charge in [-0.05, 0) is 58.7 Å². The van der Waals surface area contributed by atoms with Crippen LogP contribution in [-0.4, -0.2) is 25.8 Å². The summed E-state index contributed by atoms with van der Waals surface area (Å²) in [5.41, 5.74) is 0.823. The first kappa shape index (κ1) is 18.6. The third kappa shape index (κ3) is 4.40. The SMILES string of the molecule is CCN(Cc1cccc(F)c1)C(=O)c1cc(S(N)(=O)=O)ccc1Br. The molecule has 0 atom stereocenters. The monoisotopic (exact) mass is 414 g/mol. The van der Waals surface area contributed by atoms with Crippen LogP contribution in [0.4, 0.5) is 4.39 Å². The Hall–Kier alpha value is -1.77. The smallest absolute Gasteiger partial charge is 0.255 e. The van der Waals surface area contributed by atoms with E-state index in [9.17, 15) is 17.6 Å². The number of sulfonamides is 1. The second kappa shape index (κ2) is 7.42. The van der Waals surface area contributed by atoms with Gasteiger partial charge >= 0.3 is 0 Å². The number of benzene rings is 2. The fourth-order valence-corrected chi connectivity index (χ4v) is 3.15. The van der Waals surface area contributed by atoms with E-state index in [0.29, 0.717) is 16.6 Å². The maximum atomic E-state index is 13.3. The largest absolute Gasteiger partial charge is 0.335 e. The zero-order valence-corrected chi connectivity index (χ0v) is 15.3. The van der Waals surface area contributed by atoms with Gasteiger partial charge in [-0.2, -0.15) is 0 Å². The van der Waals surface area contributed by atoms with Crippen LogP contribution in [0.5, 0.6) is 0 Å². The van der Waals surface area contributed by atoms with Crippen LogP contribution in [0, 0.1) is 5.82 Å². The number of rotatable bonds is 5. The van der Waals surface area contributed by atoms with Crippen molar-refractivity contribution in [3.05, 3.63) is 63.9 Å². The summed E-state index contributed by atoms with van der Waals surface area (Å²) in [4.78, 5) is 14.1. The fraction of sp³-hybridized carbons (Fsp3) is 0.188. The molecule has 1 amide bonds. The van der Waals surface area contributed by atoms with Crippen molar-refractivity contribution in [2.45, 2.75) is 18.4 Å². The second-order valence-corrected chi connectivity index (χ2v) is 7.55. The number of nitrogens with zero attached hydrogens (tertiary/aromatic N) is 1. The van der Waals surface area contributed by atoms with Crippen molar-refractivity contribution in [1.82, 2.24) is 4.90 Å². The van der Waals surface area contributed by atoms with E-state index < -0.39 is 10.0 Å². The van der Waals surface area contributed by atoms with Gasteiger partial charge in [0, 0.05) is 17.6 Å². The maximum absolute atomic E-state index is 13.3. The van der Waals surface area contributed by atoms with E-state index in [1.807, 2.05) is 0 Å². The van der Waals surface area contributed by atoms with E-state index in [2.05, 4.69) is 15.9 Å². The molecule has 128 valence electrons. The summed E-state index contributed by atoms with van der Waals surface area (Å²) in [6.45, 7) is 2.37. The standard InChI is InChI=1S/C16H16BrFN2O3S/c1-2-20(10-11-4-3-5-12(18)8-11)16(21)14-9-13(24(19,22)23)6-7-15(14)17/h3-9H,2,10H2,1H3,(H2,19,22,23). The Bertz CT molecular complexity index is 871. The van der Waals surface area contributed by atoms with Crippen LogP contribution in [0.15, 0.2) is 51.8 Å². The van der Waals surface area contributed by atoms with Gasteiger partial charge in [0.2, 0.25) is 10.0 Å². The molecule has 0 fully saturated rings. The highest BCUT2D eigenvalue weighted by molar-refractivity contribution is 9.10. The second-order valence-electron chi connectivity index (χ2n) is 5.14. The van der Waals surface area contributed by atoms with Crippen LogP contribution in [0.25, 0.3) is 0 Å². The van der Waals surface area contributed by atoms with E-state index in [1.165, 1.54) is 35.2 Å². The summed E-state index contributed by atoms with van der Waals surface area (Å²) >= 11 is 3.25. The number of halogens is 2. The first-order valence-corrected chi connectivity index (χ1v) is 9.42. The summed E-state index contributed by atoms with van der Waals surface area (Å²) in [6.07, 6.45) is 0. The quantitative estimate of drug-likeness (QED) is 0.816. The Labute approximate surface area is 148 Å². The van der Waals surface area contributed by atoms with Crippen LogP contribution < -0.4 is 5.14 Å². The molecule has 0 spiro atoms. The first-order valence-electron chi connectivity index (χ1n) is 7.08. The van der Waals surface area contributed by atoms with Gasteiger partial charge < -0.3 is 4.90 Å². The molecule has 0 aliphatic heterocycles. The molecule has 0 bridgehead atoms. The summed E-state index contributed by atoms with van der Waals surface area (Å²) in [7, 11) is -3.91. The van der Waals surface area contributed by atoms with Gasteiger partial charge in [0.1, 0.15) is 5.82 Å². The van der Waals surface area contributed by atoms with Crippen LogP contribution in [0.2, 0.25) is 0 Å². The molecule has 8 heteroatoms. The number of nitrogens with two attached hydrogens (primary N) is 1. The highest BCUT2D eigenvalue weighted by atomic mass is 79.9. The highest BCUT2D eigenvalue weighted by Crippen LogP contribution is 2.23. The maximum Gasteiger partial charge on any atom is 0.255 e. The minimum Gasteiger partial charge on any atom is -0.335 e. The molecule has 0 radical (unpaired) electrons. The molecular formula is C16H16BrFN2O3S. The van der Waals surface area contributed by atoms with Gasteiger partial charge in [0.05, 0.1) is 10.5 Å². The molecule has 0 aromatic heterocycles. The predicted molar refractivity (Wildman–Crippen MR) is 92.3 cm³/mol. The number of hydrogen-bond donors (Lipinski definition) is 1. The molecule has 0 aliphatic rings. The van der Waals surface area contributed by atoms with E-state index in [-0.39, 0.29) is 28.7 Å². The molecule has 24 heavy (non-hydrogen) atoms. The van der Waals surface area contributed by atoms with Crippen molar-refractivity contribution >= 4 is 31.9 Å². The first-order chi connectivity index (χ1) is 11.2. The zero-order chi connectivity index (χ0) is 17.9. The van der Waals surface area contributed by atoms with Crippen molar-refractivity contribution in [1.29, 1.82) is 0 Å². The minimum absolute atomic E-state index is 0.143. The van der Waals surface area contributed by atoms with Crippen molar-refractivity contribution in [2.24, 2.45) is 5.14 Å². The third-order valence-electron chi connectivity index (χ3n) is 3.43. The van der Waals surface area contributed by atoms with Gasteiger partial charge in [-0.25, -0.2) is 17.9 Å². The Balaban J connectivity index is 2.35. The Morgan fingerprint density at radius 2 is 1.96 bits per heavy atom. The molecule has 0 aliphatic carbocycles. The lowest BCUT2D eigenvalue weighted by molar-refractivity contribution is 0.0751. The van der Waals surface area contributed by atoms with Crippen molar-refractivity contribution < 1.29 is 17.6 Å². The van der Waals surface area contributed by atoms with Crippen LogP contribution in [0.1, 0.15) is 22.8 Å². The Morgan fingerprint density at radius 1 is 1.25 bits per heavy atom. The normalized spacial score (nSPS) is 11.3. The van der Waals surface area contributed by atoms with Gasteiger partial charge in [-0.15, -0.1) is 0 Å². The van der Waals surface area contributed by atoms with Crippen LogP contribution in [0.3, 0.4) is 0 Å². The summed E-state index contributed by atoms with van der Waals surface area (Å²) in [6, 6.07) is 9.98. The molecule has 2 aromatic carbocycles. The fourth-order valence-electron chi connectivity index (χ4n) is 2.20. The number of hydrogen-bond acceptors (Lipinski definition) is 3. The Morgan fingerprint density at radius 3 is 2.54 bits per heavy atom. The number of carbonyl (C=O) groups excluding carboxylic acids is 1. The molecule has 2 rings (SSSR count). The molecule has 0 saturated carbocycles. The van der Waals surface area contributed by atoms with Gasteiger partial charge in [0.25, 0.3) is 5.91 Å². The molecule has 2 N–H and O–H groups in total. The lowest BCUT2D eigenvalue weighted by atomic mass is 10.1. The number of primary sulfonamides is 1. The average molecular weight is 415 g/mol. The van der Waals surface area contributed by atoms with Crippen molar-refractivity contribution in [3.8, 4) is 0 Å². The van der Waals surface area contributed by atoms with E-state index in [4.69, 9.17) is 5.14 Å². The molecule has 0 unspecified atom stereocenters. The van der Waals surface area contributed by atoms with Crippen molar-refractivity contribution in [3.63, 3.8) is 0 Å². The van der Waals surface area contributed by atoms with Crippen LogP contribution >= 0.6 is 15.9 Å². The van der Waals surface area contributed by atoms with Gasteiger partial charge in [0.15, 0.2) is 0 Å². The van der Waals surface area contributed by atoms with E-state index in [1.54, 1.807) is 19.1 Å². The number of carbonyl (C=O) groups is 1. The molecule has 0 saturated heterocycles. The lowest BCUT2D eigenvalue weighted by Gasteiger charge is -2.22. The molecule has 5 nitrogen and oxygen atoms in total. The van der Waals surface area contributed by atoms with Gasteiger partial charge in [-0.3, -0.25) is 4.79 Å². The zero-order valence-electron chi connectivity index (χ0n) is 12.9. The molecular weight excluding hydrogens is 399 g/mol. The van der Waals surface area contributed by atoms with E-state index in [0.717, 1.165) is 0 Å². The molecule has 2 aromatic rings. The average Bonchev–Trinajstić information content (AvgIpc) is 2.51. The Kier molecular flexibility index (Phi) is 5.74. The summed E-state index contributed by atoms with van der Waals surface area (Å²) < 4.78 is 36.7. The topological polar surface area (TPSA) is 80.5 Å². The third-order valence-corrected chi connectivity index (χ3v) is 5.03. The minimum atomic E-state index is -3.91. The predicted octanol–water partition coefficient (Wildman–Crippen LogP) is 2.90. The highest BCUT2D eigenvalue weighted by Gasteiger charge is 2.20. The molecule has 0 heterocycles.